The van der Waals surface area contributed by atoms with Crippen LogP contribution in [-0.2, 0) is 17.5 Å². The highest BCUT2D eigenvalue weighted by Gasteiger charge is 2.34. The Morgan fingerprint density at radius 3 is 2.41 bits per heavy atom. The lowest BCUT2D eigenvalue weighted by atomic mass is 10.1. The number of alkyl halides is 4. The number of benzene rings is 1. The molecule has 0 aliphatic carbocycles. The van der Waals surface area contributed by atoms with Crippen molar-refractivity contribution in [2.75, 3.05) is 13.8 Å². The van der Waals surface area contributed by atoms with E-state index in [0.717, 1.165) is 10.8 Å². The molecular formula is C14H12F4N2O2. The van der Waals surface area contributed by atoms with Crippen molar-refractivity contribution >= 4 is 5.97 Å². The van der Waals surface area contributed by atoms with Crippen molar-refractivity contribution in [1.82, 2.24) is 9.55 Å². The fourth-order valence-electron chi connectivity index (χ4n) is 1.92. The second-order valence-electron chi connectivity index (χ2n) is 4.40. The summed E-state index contributed by atoms with van der Waals surface area (Å²) in [5, 5.41) is 0. The van der Waals surface area contributed by atoms with E-state index in [1.807, 2.05) is 0 Å². The molecule has 2 rings (SSSR count). The van der Waals surface area contributed by atoms with Gasteiger partial charge in [-0.25, -0.2) is 14.2 Å². The summed E-state index contributed by atoms with van der Waals surface area (Å²) in [4.78, 5) is 14.8. The van der Waals surface area contributed by atoms with Crippen LogP contribution in [0, 0.1) is 0 Å². The summed E-state index contributed by atoms with van der Waals surface area (Å²) in [6.07, 6.45) is -3.84. The van der Waals surface area contributed by atoms with Gasteiger partial charge in [0.1, 0.15) is 12.5 Å². The van der Waals surface area contributed by atoms with Crippen LogP contribution in [0.1, 0.15) is 16.1 Å². The van der Waals surface area contributed by atoms with Crippen LogP contribution in [0.4, 0.5) is 17.6 Å². The van der Waals surface area contributed by atoms with E-state index >= 15 is 0 Å². The number of nitrogens with zero attached hydrogens (tertiary/aromatic N) is 2. The lowest BCUT2D eigenvalue weighted by Crippen LogP contribution is -2.05. The molecule has 0 aliphatic rings. The van der Waals surface area contributed by atoms with Crippen molar-refractivity contribution in [3.63, 3.8) is 0 Å². The van der Waals surface area contributed by atoms with Gasteiger partial charge in [0.05, 0.1) is 19.2 Å². The third-order valence-corrected chi connectivity index (χ3v) is 2.96. The van der Waals surface area contributed by atoms with Crippen LogP contribution < -0.4 is 0 Å². The molecule has 0 saturated carbocycles. The molecule has 0 radical (unpaired) electrons. The molecule has 0 atom stereocenters. The van der Waals surface area contributed by atoms with Crippen LogP contribution in [0.15, 0.2) is 30.5 Å². The molecule has 2 aromatic rings. The predicted molar refractivity (Wildman–Crippen MR) is 70.0 cm³/mol. The van der Waals surface area contributed by atoms with Gasteiger partial charge < -0.3 is 9.30 Å². The first-order valence-electron chi connectivity index (χ1n) is 6.26. The summed E-state index contributed by atoms with van der Waals surface area (Å²) in [6, 6.07) is 5.68. The Morgan fingerprint density at radius 1 is 1.27 bits per heavy atom. The first kappa shape index (κ1) is 16.0. The van der Waals surface area contributed by atoms with Gasteiger partial charge in [-0.15, -0.1) is 0 Å². The molecule has 0 amide bonds. The minimum Gasteiger partial charge on any atom is -0.465 e. The molecule has 0 saturated heterocycles. The Kier molecular flexibility index (Phi) is 4.48. The zero-order valence-electron chi connectivity index (χ0n) is 11.5. The van der Waals surface area contributed by atoms with Crippen molar-refractivity contribution < 1.29 is 27.1 Å². The molecule has 0 bridgehead atoms. The van der Waals surface area contributed by atoms with Crippen molar-refractivity contribution in [2.24, 2.45) is 0 Å². The fourth-order valence-corrected chi connectivity index (χ4v) is 1.92. The topological polar surface area (TPSA) is 44.1 Å². The molecule has 0 fully saturated rings. The van der Waals surface area contributed by atoms with E-state index in [9.17, 15) is 22.4 Å². The Hall–Kier alpha value is -2.38. The molecule has 8 heteroatoms. The van der Waals surface area contributed by atoms with Gasteiger partial charge in [-0.05, 0) is 12.1 Å². The maximum absolute atomic E-state index is 12.7. The number of ether oxygens (including phenoxy) is 1. The van der Waals surface area contributed by atoms with Gasteiger partial charge in [-0.3, -0.25) is 0 Å². The Morgan fingerprint density at radius 2 is 1.91 bits per heavy atom. The molecule has 4 nitrogen and oxygen atoms in total. The molecule has 0 spiro atoms. The largest absolute Gasteiger partial charge is 0.465 e. The minimum atomic E-state index is -4.61. The van der Waals surface area contributed by atoms with Gasteiger partial charge >= 0.3 is 12.1 Å². The summed E-state index contributed by atoms with van der Waals surface area (Å²) in [5.41, 5.74) is -0.490. The number of methoxy groups -OCH3 is 1. The average molecular weight is 316 g/mol. The summed E-state index contributed by atoms with van der Waals surface area (Å²) < 4.78 is 56.3. The number of aromatic nitrogens is 2. The summed E-state index contributed by atoms with van der Waals surface area (Å²) in [7, 11) is 1.22. The fraction of sp³-hybridized carbons (Fsp3) is 0.286. The highest BCUT2D eigenvalue weighted by molar-refractivity contribution is 5.89. The minimum absolute atomic E-state index is 0.0126. The normalized spacial score (nSPS) is 11.5. The maximum Gasteiger partial charge on any atom is 0.434 e. The van der Waals surface area contributed by atoms with E-state index in [2.05, 4.69) is 9.72 Å². The highest BCUT2D eigenvalue weighted by Crippen LogP contribution is 2.31. The van der Waals surface area contributed by atoms with E-state index in [4.69, 9.17) is 0 Å². The first-order valence-corrected chi connectivity index (χ1v) is 6.26. The monoisotopic (exact) mass is 316 g/mol. The molecule has 118 valence electrons. The number of imidazole rings is 1. The lowest BCUT2D eigenvalue weighted by Gasteiger charge is -2.06. The maximum atomic E-state index is 12.7. The SMILES string of the molecule is COC(=O)c1ccc(-c2nc(C(F)(F)F)cn2CCF)cc1. The molecular weight excluding hydrogens is 304 g/mol. The third-order valence-electron chi connectivity index (χ3n) is 2.96. The number of rotatable bonds is 4. The van der Waals surface area contributed by atoms with Gasteiger partial charge in [0, 0.05) is 11.8 Å². The first-order chi connectivity index (χ1) is 10.4. The number of aryl methyl sites for hydroxylation is 1. The van der Waals surface area contributed by atoms with Crippen LogP contribution in [0.5, 0.6) is 0 Å². The number of hydrogen-bond acceptors (Lipinski definition) is 3. The molecule has 0 N–H and O–H groups in total. The van der Waals surface area contributed by atoms with Gasteiger partial charge in [0.15, 0.2) is 5.69 Å². The van der Waals surface area contributed by atoms with Crippen molar-refractivity contribution in [3.05, 3.63) is 41.7 Å². The van der Waals surface area contributed by atoms with Gasteiger partial charge in [0.25, 0.3) is 0 Å². The summed E-state index contributed by atoms with van der Waals surface area (Å²) in [5.74, 6) is -0.573. The predicted octanol–water partition coefficient (Wildman–Crippen LogP) is 3.33. The molecule has 0 unspecified atom stereocenters. The summed E-state index contributed by atoms with van der Waals surface area (Å²) >= 11 is 0. The lowest BCUT2D eigenvalue weighted by molar-refractivity contribution is -0.140. The average Bonchev–Trinajstić information content (AvgIpc) is 2.91. The van der Waals surface area contributed by atoms with E-state index in [0.29, 0.717) is 5.56 Å². The quantitative estimate of drug-likeness (QED) is 0.642. The second kappa shape index (κ2) is 6.17. The van der Waals surface area contributed by atoms with Crippen molar-refractivity contribution in [3.8, 4) is 11.4 Å². The van der Waals surface area contributed by atoms with E-state index in [1.165, 1.54) is 31.4 Å². The highest BCUT2D eigenvalue weighted by atomic mass is 19.4. The Balaban J connectivity index is 2.42. The van der Waals surface area contributed by atoms with Crippen LogP contribution in [0.3, 0.4) is 0 Å². The van der Waals surface area contributed by atoms with Crippen molar-refractivity contribution in [2.45, 2.75) is 12.7 Å². The van der Waals surface area contributed by atoms with E-state index in [-0.39, 0.29) is 17.9 Å². The number of hydrogen-bond donors (Lipinski definition) is 0. The summed E-state index contributed by atoms with van der Waals surface area (Å²) in [6.45, 7) is -1.06. The molecule has 1 aromatic carbocycles. The molecule has 1 heterocycles. The Labute approximate surface area is 123 Å². The zero-order valence-corrected chi connectivity index (χ0v) is 11.5. The zero-order chi connectivity index (χ0) is 16.3. The standard InChI is InChI=1S/C14H12F4N2O2/c1-22-13(21)10-4-2-9(3-5-10)12-19-11(14(16,17)18)8-20(12)7-6-15/h2-5,8H,6-7H2,1H3. The van der Waals surface area contributed by atoms with Crippen LogP contribution >= 0.6 is 0 Å². The molecule has 22 heavy (non-hydrogen) atoms. The van der Waals surface area contributed by atoms with Crippen LogP contribution in [-0.4, -0.2) is 29.3 Å². The van der Waals surface area contributed by atoms with Crippen LogP contribution in [0.2, 0.25) is 0 Å². The Bertz CT molecular complexity index is 662. The third kappa shape index (κ3) is 3.26. The number of carbonyl (C=O) groups excluding carboxylic acids is 1. The molecule has 0 aliphatic heterocycles. The molecule has 1 aromatic heterocycles. The van der Waals surface area contributed by atoms with Crippen LogP contribution in [0.25, 0.3) is 11.4 Å². The smallest absolute Gasteiger partial charge is 0.434 e. The van der Waals surface area contributed by atoms with E-state index < -0.39 is 24.5 Å². The van der Waals surface area contributed by atoms with Crippen molar-refractivity contribution in [1.29, 1.82) is 0 Å². The number of carbonyl (C=O) groups is 1. The second-order valence-corrected chi connectivity index (χ2v) is 4.40. The van der Waals surface area contributed by atoms with Gasteiger partial charge in [-0.1, -0.05) is 12.1 Å². The van der Waals surface area contributed by atoms with Gasteiger partial charge in [0.2, 0.25) is 0 Å². The number of halogens is 4. The number of esters is 1. The van der Waals surface area contributed by atoms with Gasteiger partial charge in [-0.2, -0.15) is 13.2 Å². The van der Waals surface area contributed by atoms with E-state index in [1.54, 1.807) is 0 Å².